The molecule has 0 saturated carbocycles. The molecule has 1 aromatic rings. The maximum atomic E-state index is 11.6. The number of ether oxygens (including phenoxy) is 1. The van der Waals surface area contributed by atoms with E-state index in [1.54, 1.807) is 6.07 Å². The van der Waals surface area contributed by atoms with E-state index in [9.17, 15) is 9.59 Å². The number of carbonyl (C=O) groups excluding carboxylic acids is 1. The summed E-state index contributed by atoms with van der Waals surface area (Å²) >= 11 is 5.72. The standard InChI is InChI=1S/C10H7ClO4/c11-5-1-2-8-6(3-5)7(12)4-9(15-8)10(13)14/h1-3,9H,4H2,(H,13,14)/t9-/m1/s1. The zero-order valence-electron chi connectivity index (χ0n) is 7.57. The number of hydrogen-bond donors (Lipinski definition) is 1. The lowest BCUT2D eigenvalue weighted by atomic mass is 10.0. The van der Waals surface area contributed by atoms with Crippen molar-refractivity contribution < 1.29 is 19.4 Å². The average Bonchev–Trinajstić information content (AvgIpc) is 2.18. The summed E-state index contributed by atoms with van der Waals surface area (Å²) in [4.78, 5) is 22.2. The predicted molar refractivity (Wildman–Crippen MR) is 52.5 cm³/mol. The summed E-state index contributed by atoms with van der Waals surface area (Å²) in [5.74, 6) is -1.11. The summed E-state index contributed by atoms with van der Waals surface area (Å²) in [6, 6.07) is 4.54. The van der Waals surface area contributed by atoms with Crippen molar-refractivity contribution in [2.75, 3.05) is 0 Å². The summed E-state index contributed by atoms with van der Waals surface area (Å²) in [7, 11) is 0. The lowest BCUT2D eigenvalue weighted by Crippen LogP contribution is -2.33. The largest absolute Gasteiger partial charge is 0.478 e. The van der Waals surface area contributed by atoms with Gasteiger partial charge in [0.05, 0.1) is 12.0 Å². The third-order valence-electron chi connectivity index (χ3n) is 2.16. The fourth-order valence-electron chi connectivity index (χ4n) is 1.43. The Bertz CT molecular complexity index is 441. The van der Waals surface area contributed by atoms with Gasteiger partial charge >= 0.3 is 5.97 Å². The zero-order valence-corrected chi connectivity index (χ0v) is 8.32. The van der Waals surface area contributed by atoms with Crippen molar-refractivity contribution >= 4 is 23.4 Å². The molecule has 1 atom stereocenters. The third-order valence-corrected chi connectivity index (χ3v) is 2.39. The molecule has 2 rings (SSSR count). The third kappa shape index (κ3) is 1.80. The van der Waals surface area contributed by atoms with Gasteiger partial charge in [0, 0.05) is 5.02 Å². The fourth-order valence-corrected chi connectivity index (χ4v) is 1.61. The number of fused-ring (bicyclic) bond motifs is 1. The Hall–Kier alpha value is -1.55. The van der Waals surface area contributed by atoms with Gasteiger partial charge in [0.15, 0.2) is 5.78 Å². The molecule has 0 spiro atoms. The lowest BCUT2D eigenvalue weighted by Gasteiger charge is -2.21. The van der Waals surface area contributed by atoms with Gasteiger partial charge in [-0.2, -0.15) is 0 Å². The van der Waals surface area contributed by atoms with Crippen LogP contribution in [0.4, 0.5) is 0 Å². The number of carboxylic acids is 1. The molecule has 0 aromatic heterocycles. The molecule has 0 aliphatic carbocycles. The van der Waals surface area contributed by atoms with E-state index in [1.165, 1.54) is 12.1 Å². The number of aliphatic carboxylic acids is 1. The van der Waals surface area contributed by atoms with Gasteiger partial charge in [-0.25, -0.2) is 4.79 Å². The minimum Gasteiger partial charge on any atom is -0.478 e. The second-order valence-electron chi connectivity index (χ2n) is 3.21. The normalized spacial score (nSPS) is 19.3. The molecule has 1 aromatic carbocycles. The van der Waals surface area contributed by atoms with Gasteiger partial charge in [0.1, 0.15) is 5.75 Å². The highest BCUT2D eigenvalue weighted by molar-refractivity contribution is 6.31. The van der Waals surface area contributed by atoms with Crippen molar-refractivity contribution in [3.63, 3.8) is 0 Å². The monoisotopic (exact) mass is 226 g/mol. The van der Waals surface area contributed by atoms with Crippen molar-refractivity contribution in [3.05, 3.63) is 28.8 Å². The molecule has 1 aliphatic heterocycles. The molecule has 4 nitrogen and oxygen atoms in total. The molecule has 1 heterocycles. The van der Waals surface area contributed by atoms with E-state index >= 15 is 0 Å². The molecule has 1 aliphatic rings. The first-order valence-electron chi connectivity index (χ1n) is 4.30. The predicted octanol–water partition coefficient (Wildman–Crippen LogP) is 1.76. The van der Waals surface area contributed by atoms with E-state index in [-0.39, 0.29) is 18.0 Å². The Labute approximate surface area is 90.4 Å². The molecular formula is C10H7ClO4. The second kappa shape index (κ2) is 3.55. The van der Waals surface area contributed by atoms with Crippen molar-refractivity contribution in [2.45, 2.75) is 12.5 Å². The van der Waals surface area contributed by atoms with Gasteiger partial charge in [0.25, 0.3) is 0 Å². The molecule has 78 valence electrons. The quantitative estimate of drug-likeness (QED) is 0.793. The number of benzene rings is 1. The molecule has 0 unspecified atom stereocenters. The van der Waals surface area contributed by atoms with Crippen molar-refractivity contribution in [1.29, 1.82) is 0 Å². The molecule has 0 amide bonds. The van der Waals surface area contributed by atoms with E-state index < -0.39 is 12.1 Å². The first-order chi connectivity index (χ1) is 7.08. The van der Waals surface area contributed by atoms with Gasteiger partial charge < -0.3 is 9.84 Å². The smallest absolute Gasteiger partial charge is 0.345 e. The molecule has 0 fully saturated rings. The van der Waals surface area contributed by atoms with Crippen LogP contribution in [0, 0.1) is 0 Å². The van der Waals surface area contributed by atoms with Crippen LogP contribution in [-0.2, 0) is 4.79 Å². The molecular weight excluding hydrogens is 220 g/mol. The van der Waals surface area contributed by atoms with Crippen LogP contribution in [0.25, 0.3) is 0 Å². The highest BCUT2D eigenvalue weighted by atomic mass is 35.5. The highest BCUT2D eigenvalue weighted by Crippen LogP contribution is 2.29. The SMILES string of the molecule is O=C1C[C@H](C(=O)O)Oc2ccc(Cl)cc21. The van der Waals surface area contributed by atoms with Crippen LogP contribution in [0.1, 0.15) is 16.8 Å². The summed E-state index contributed by atoms with van der Waals surface area (Å²) in [5, 5.41) is 9.16. The van der Waals surface area contributed by atoms with Crippen LogP contribution in [0.15, 0.2) is 18.2 Å². The van der Waals surface area contributed by atoms with Crippen LogP contribution >= 0.6 is 11.6 Å². The Morgan fingerprint density at radius 3 is 2.93 bits per heavy atom. The molecule has 5 heteroatoms. The summed E-state index contributed by atoms with van der Waals surface area (Å²) < 4.78 is 5.14. The number of carbonyl (C=O) groups is 2. The van der Waals surface area contributed by atoms with E-state index in [4.69, 9.17) is 21.4 Å². The number of rotatable bonds is 1. The molecule has 0 radical (unpaired) electrons. The number of Topliss-reactive ketones (excluding diaryl/α,β-unsaturated/α-hetero) is 1. The van der Waals surface area contributed by atoms with Gasteiger partial charge in [-0.05, 0) is 18.2 Å². The minimum atomic E-state index is -1.14. The Balaban J connectivity index is 2.41. The van der Waals surface area contributed by atoms with Crippen molar-refractivity contribution in [2.24, 2.45) is 0 Å². The van der Waals surface area contributed by atoms with Gasteiger partial charge in [-0.15, -0.1) is 0 Å². The van der Waals surface area contributed by atoms with Crippen LogP contribution in [0.2, 0.25) is 5.02 Å². The maximum Gasteiger partial charge on any atom is 0.345 e. The number of carboxylic acid groups (broad SMARTS) is 1. The summed E-state index contributed by atoms with van der Waals surface area (Å²) in [5.41, 5.74) is 0.347. The van der Waals surface area contributed by atoms with Crippen molar-refractivity contribution in [1.82, 2.24) is 0 Å². The van der Waals surface area contributed by atoms with E-state index in [2.05, 4.69) is 0 Å². The van der Waals surface area contributed by atoms with Gasteiger partial charge in [-0.3, -0.25) is 4.79 Å². The minimum absolute atomic E-state index is 0.150. The van der Waals surface area contributed by atoms with E-state index in [1.807, 2.05) is 0 Å². The Morgan fingerprint density at radius 1 is 1.53 bits per heavy atom. The van der Waals surface area contributed by atoms with Crippen LogP contribution < -0.4 is 4.74 Å². The summed E-state index contributed by atoms with van der Waals surface area (Å²) in [6.45, 7) is 0. The van der Waals surface area contributed by atoms with Crippen LogP contribution in [0.3, 0.4) is 0 Å². The molecule has 0 saturated heterocycles. The summed E-state index contributed by atoms with van der Waals surface area (Å²) in [6.07, 6.45) is -1.24. The average molecular weight is 227 g/mol. The topological polar surface area (TPSA) is 63.6 Å². The lowest BCUT2D eigenvalue weighted by molar-refractivity contribution is -0.145. The van der Waals surface area contributed by atoms with Crippen LogP contribution in [-0.4, -0.2) is 23.0 Å². The Morgan fingerprint density at radius 2 is 2.27 bits per heavy atom. The van der Waals surface area contributed by atoms with Gasteiger partial charge in [0.2, 0.25) is 6.10 Å². The van der Waals surface area contributed by atoms with Crippen molar-refractivity contribution in [3.8, 4) is 5.75 Å². The number of ketones is 1. The second-order valence-corrected chi connectivity index (χ2v) is 3.65. The fraction of sp³-hybridized carbons (Fsp3) is 0.200. The molecule has 15 heavy (non-hydrogen) atoms. The molecule has 0 bridgehead atoms. The first-order valence-corrected chi connectivity index (χ1v) is 4.68. The number of halogens is 1. The van der Waals surface area contributed by atoms with E-state index in [0.29, 0.717) is 10.6 Å². The maximum absolute atomic E-state index is 11.6. The van der Waals surface area contributed by atoms with Crippen LogP contribution in [0.5, 0.6) is 5.75 Å². The van der Waals surface area contributed by atoms with Gasteiger partial charge in [-0.1, -0.05) is 11.6 Å². The molecule has 1 N–H and O–H groups in total. The number of hydrogen-bond acceptors (Lipinski definition) is 3. The zero-order chi connectivity index (χ0) is 11.0. The highest BCUT2D eigenvalue weighted by Gasteiger charge is 2.31. The van der Waals surface area contributed by atoms with E-state index in [0.717, 1.165) is 0 Å². The first kappa shape index (κ1) is 9.98. The Kier molecular flexibility index (Phi) is 2.36.